The summed E-state index contributed by atoms with van der Waals surface area (Å²) in [6, 6.07) is 1.11. The predicted molar refractivity (Wildman–Crippen MR) is 55.8 cm³/mol. The van der Waals surface area contributed by atoms with Crippen LogP contribution < -0.4 is 5.73 Å². The zero-order valence-corrected chi connectivity index (χ0v) is 9.47. The third kappa shape index (κ3) is 3.10. The van der Waals surface area contributed by atoms with E-state index in [2.05, 4.69) is 4.74 Å². The van der Waals surface area contributed by atoms with Crippen LogP contribution >= 0.6 is 11.6 Å². The van der Waals surface area contributed by atoms with Crippen molar-refractivity contribution in [1.82, 2.24) is 0 Å². The fraction of sp³-hybridized carbons (Fsp3) is 0.300. The minimum absolute atomic E-state index is 0.00714. The zero-order valence-electron chi connectivity index (χ0n) is 8.72. The number of methoxy groups -OCH3 is 1. The van der Waals surface area contributed by atoms with Crippen LogP contribution in [0.5, 0.6) is 0 Å². The summed E-state index contributed by atoms with van der Waals surface area (Å²) in [5, 5.41) is -0.131. The van der Waals surface area contributed by atoms with Crippen LogP contribution in [0.4, 0.5) is 13.2 Å². The van der Waals surface area contributed by atoms with Gasteiger partial charge in [0.1, 0.15) is 6.04 Å². The number of rotatable bonds is 2. The summed E-state index contributed by atoms with van der Waals surface area (Å²) >= 11 is 5.67. The zero-order chi connectivity index (χ0) is 13.2. The van der Waals surface area contributed by atoms with Gasteiger partial charge in [0.2, 0.25) is 0 Å². The summed E-state index contributed by atoms with van der Waals surface area (Å²) in [6.45, 7) is 0. The van der Waals surface area contributed by atoms with Gasteiger partial charge in [-0.1, -0.05) is 17.7 Å². The molecule has 94 valence electrons. The Hall–Kier alpha value is -1.27. The molecule has 0 fully saturated rings. The SMILES string of the molecule is COC(=O)c1ccc(C(N)C(F)(F)F)cc1Cl. The molecular formula is C10H9ClF3NO2. The molecule has 1 unspecified atom stereocenters. The molecule has 1 atom stereocenters. The van der Waals surface area contributed by atoms with Gasteiger partial charge in [0.15, 0.2) is 0 Å². The van der Waals surface area contributed by atoms with Crippen LogP contribution in [0.15, 0.2) is 18.2 Å². The molecule has 0 radical (unpaired) electrons. The molecule has 0 aliphatic rings. The average molecular weight is 268 g/mol. The van der Waals surface area contributed by atoms with Gasteiger partial charge in [-0.25, -0.2) is 4.79 Å². The number of halogens is 4. The van der Waals surface area contributed by atoms with E-state index in [0.29, 0.717) is 0 Å². The topological polar surface area (TPSA) is 52.3 Å². The Kier molecular flexibility index (Phi) is 4.00. The summed E-state index contributed by atoms with van der Waals surface area (Å²) in [6.07, 6.45) is -4.56. The highest BCUT2D eigenvalue weighted by Crippen LogP contribution is 2.32. The lowest BCUT2D eigenvalue weighted by Crippen LogP contribution is -2.28. The first-order valence-corrected chi connectivity index (χ1v) is 4.85. The largest absolute Gasteiger partial charge is 0.465 e. The second-order valence-electron chi connectivity index (χ2n) is 3.25. The van der Waals surface area contributed by atoms with Crippen molar-refractivity contribution in [2.45, 2.75) is 12.2 Å². The van der Waals surface area contributed by atoms with Crippen LogP contribution in [0.2, 0.25) is 5.02 Å². The Labute approximate surface area is 100 Å². The fourth-order valence-corrected chi connectivity index (χ4v) is 1.46. The molecule has 0 saturated carbocycles. The Bertz CT molecular complexity index is 434. The highest BCUT2D eigenvalue weighted by atomic mass is 35.5. The molecule has 7 heteroatoms. The lowest BCUT2D eigenvalue weighted by Gasteiger charge is -2.16. The summed E-state index contributed by atoms with van der Waals surface area (Å²) < 4.78 is 41.4. The number of hydrogen-bond acceptors (Lipinski definition) is 3. The van der Waals surface area contributed by atoms with Crippen LogP contribution in [0, 0.1) is 0 Å². The third-order valence-corrected chi connectivity index (χ3v) is 2.42. The molecule has 0 bridgehead atoms. The van der Waals surface area contributed by atoms with Crippen molar-refractivity contribution in [1.29, 1.82) is 0 Å². The standard InChI is InChI=1S/C10H9ClF3NO2/c1-17-9(16)6-3-2-5(4-7(6)11)8(15)10(12,13)14/h2-4,8H,15H2,1H3. The Morgan fingerprint density at radius 1 is 1.47 bits per heavy atom. The molecule has 0 aliphatic heterocycles. The van der Waals surface area contributed by atoms with E-state index in [4.69, 9.17) is 17.3 Å². The van der Waals surface area contributed by atoms with Crippen molar-refractivity contribution >= 4 is 17.6 Å². The maximum atomic E-state index is 12.3. The molecule has 0 saturated heterocycles. The third-order valence-electron chi connectivity index (χ3n) is 2.11. The number of esters is 1. The minimum Gasteiger partial charge on any atom is -0.465 e. The van der Waals surface area contributed by atoms with Gasteiger partial charge in [-0.3, -0.25) is 0 Å². The quantitative estimate of drug-likeness (QED) is 0.838. The number of alkyl halides is 3. The lowest BCUT2D eigenvalue weighted by molar-refractivity contribution is -0.149. The second-order valence-corrected chi connectivity index (χ2v) is 3.66. The summed E-state index contributed by atoms with van der Waals surface area (Å²) in [5.74, 6) is -0.720. The van der Waals surface area contributed by atoms with E-state index in [-0.39, 0.29) is 16.1 Å². The normalized spacial score (nSPS) is 13.3. The molecule has 0 aliphatic carbocycles. The number of ether oxygens (including phenoxy) is 1. The van der Waals surface area contributed by atoms with Crippen molar-refractivity contribution in [3.63, 3.8) is 0 Å². The number of hydrogen-bond donors (Lipinski definition) is 1. The monoisotopic (exact) mass is 267 g/mol. The maximum absolute atomic E-state index is 12.3. The highest BCUT2D eigenvalue weighted by Gasteiger charge is 2.38. The van der Waals surface area contributed by atoms with Gasteiger partial charge in [0, 0.05) is 0 Å². The summed E-state index contributed by atoms with van der Waals surface area (Å²) in [5.41, 5.74) is 4.78. The first kappa shape index (κ1) is 13.8. The van der Waals surface area contributed by atoms with E-state index in [0.717, 1.165) is 25.3 Å². The Morgan fingerprint density at radius 3 is 2.47 bits per heavy atom. The average Bonchev–Trinajstić information content (AvgIpc) is 2.25. The molecule has 1 aromatic rings. The maximum Gasteiger partial charge on any atom is 0.407 e. The van der Waals surface area contributed by atoms with E-state index < -0.39 is 18.2 Å². The number of carbonyl (C=O) groups excluding carboxylic acids is 1. The van der Waals surface area contributed by atoms with Gasteiger partial charge in [0.05, 0.1) is 17.7 Å². The summed E-state index contributed by atoms with van der Waals surface area (Å²) in [4.78, 5) is 11.2. The predicted octanol–water partition coefficient (Wildman–Crippen LogP) is 2.69. The van der Waals surface area contributed by atoms with Gasteiger partial charge in [0.25, 0.3) is 0 Å². The van der Waals surface area contributed by atoms with E-state index >= 15 is 0 Å². The molecule has 2 N–H and O–H groups in total. The van der Waals surface area contributed by atoms with E-state index in [9.17, 15) is 18.0 Å². The first-order valence-electron chi connectivity index (χ1n) is 4.47. The van der Waals surface area contributed by atoms with Gasteiger partial charge < -0.3 is 10.5 Å². The van der Waals surface area contributed by atoms with Crippen LogP contribution in [0.25, 0.3) is 0 Å². The molecule has 3 nitrogen and oxygen atoms in total. The molecule has 0 aromatic heterocycles. The number of nitrogens with two attached hydrogens (primary N) is 1. The highest BCUT2D eigenvalue weighted by molar-refractivity contribution is 6.33. The molecule has 1 aromatic carbocycles. The van der Waals surface area contributed by atoms with E-state index in [1.54, 1.807) is 0 Å². The van der Waals surface area contributed by atoms with Gasteiger partial charge >= 0.3 is 12.1 Å². The van der Waals surface area contributed by atoms with Crippen molar-refractivity contribution < 1.29 is 22.7 Å². The van der Waals surface area contributed by atoms with Crippen LogP contribution in [0.1, 0.15) is 22.0 Å². The molecular weight excluding hydrogens is 259 g/mol. The van der Waals surface area contributed by atoms with Crippen LogP contribution in [0.3, 0.4) is 0 Å². The van der Waals surface area contributed by atoms with Crippen LogP contribution in [-0.2, 0) is 4.74 Å². The first-order chi connectivity index (χ1) is 7.77. The second kappa shape index (κ2) is 4.93. The van der Waals surface area contributed by atoms with Crippen molar-refractivity contribution in [2.24, 2.45) is 5.73 Å². The molecule has 1 rings (SSSR count). The smallest absolute Gasteiger partial charge is 0.407 e. The van der Waals surface area contributed by atoms with E-state index in [1.165, 1.54) is 0 Å². The number of benzene rings is 1. The molecule has 17 heavy (non-hydrogen) atoms. The Balaban J connectivity index is 3.09. The van der Waals surface area contributed by atoms with E-state index in [1.807, 2.05) is 0 Å². The van der Waals surface area contributed by atoms with Crippen molar-refractivity contribution in [3.05, 3.63) is 34.3 Å². The minimum atomic E-state index is -4.56. The van der Waals surface area contributed by atoms with Gasteiger partial charge in [-0.15, -0.1) is 0 Å². The van der Waals surface area contributed by atoms with Crippen molar-refractivity contribution in [3.8, 4) is 0 Å². The molecule has 0 heterocycles. The van der Waals surface area contributed by atoms with Crippen molar-refractivity contribution in [2.75, 3.05) is 7.11 Å². The number of carbonyl (C=O) groups is 1. The lowest BCUT2D eigenvalue weighted by atomic mass is 10.1. The molecule has 0 spiro atoms. The summed E-state index contributed by atoms with van der Waals surface area (Å²) in [7, 11) is 1.15. The fourth-order valence-electron chi connectivity index (χ4n) is 1.19. The van der Waals surface area contributed by atoms with Gasteiger partial charge in [-0.05, 0) is 17.7 Å². The Morgan fingerprint density at radius 2 is 2.06 bits per heavy atom. The van der Waals surface area contributed by atoms with Gasteiger partial charge in [-0.2, -0.15) is 13.2 Å². The molecule has 0 amide bonds. The van der Waals surface area contributed by atoms with Crippen LogP contribution in [-0.4, -0.2) is 19.3 Å².